The number of aliphatic hydroxyl groups excluding tert-OH is 1. The number of allylic oxidation sites excluding steroid dienone is 1. The third-order valence-corrected chi connectivity index (χ3v) is 3.53. The molecule has 1 rings (SSSR count). The Bertz CT molecular complexity index is 610. The monoisotopic (exact) mass is 344 g/mol. The summed E-state index contributed by atoms with van der Waals surface area (Å²) in [5.74, 6) is -0.354. The van der Waals surface area contributed by atoms with Crippen LogP contribution in [0.25, 0.3) is 0 Å². The van der Waals surface area contributed by atoms with Crippen molar-refractivity contribution in [1.29, 1.82) is 0 Å². The maximum Gasteiger partial charge on any atom is 0.341 e. The molecule has 0 spiro atoms. The average Bonchev–Trinajstić information content (AvgIpc) is 2.63. The molecule has 0 aromatic heterocycles. The van der Waals surface area contributed by atoms with Crippen LogP contribution in [0.1, 0.15) is 38.7 Å². The molecule has 0 saturated heterocycles. The van der Waals surface area contributed by atoms with Crippen LogP contribution >= 0.6 is 0 Å². The van der Waals surface area contributed by atoms with Gasteiger partial charge in [0, 0.05) is 0 Å². The quantitative estimate of drug-likeness (QED) is 0.302. The highest BCUT2D eigenvalue weighted by molar-refractivity contribution is 5.88. The van der Waals surface area contributed by atoms with Crippen molar-refractivity contribution < 1.29 is 19.4 Å². The van der Waals surface area contributed by atoms with Crippen molar-refractivity contribution in [3.8, 4) is 0 Å². The first-order valence-electron chi connectivity index (χ1n) is 8.59. The molecule has 4 heteroatoms. The fourth-order valence-corrected chi connectivity index (χ4v) is 2.15. The van der Waals surface area contributed by atoms with E-state index in [1.807, 2.05) is 37.3 Å². The summed E-state index contributed by atoms with van der Waals surface area (Å²) in [6.07, 6.45) is 5.21. The molecular weight excluding hydrogens is 316 g/mol. The first-order chi connectivity index (χ1) is 12.1. The number of hydrogen-bond acceptors (Lipinski definition) is 4. The number of rotatable bonds is 10. The molecule has 0 bridgehead atoms. The van der Waals surface area contributed by atoms with E-state index >= 15 is 0 Å². The maximum atomic E-state index is 11.7. The van der Waals surface area contributed by atoms with E-state index in [9.17, 15) is 9.90 Å². The van der Waals surface area contributed by atoms with E-state index in [0.717, 1.165) is 24.0 Å². The van der Waals surface area contributed by atoms with Gasteiger partial charge in [-0.05, 0) is 30.9 Å². The summed E-state index contributed by atoms with van der Waals surface area (Å²) < 4.78 is 10.3. The smallest absolute Gasteiger partial charge is 0.341 e. The van der Waals surface area contributed by atoms with Gasteiger partial charge in [0.25, 0.3) is 0 Å². The van der Waals surface area contributed by atoms with Gasteiger partial charge in [-0.3, -0.25) is 0 Å². The molecule has 0 radical (unpaired) electrons. The van der Waals surface area contributed by atoms with Gasteiger partial charge in [0.05, 0.1) is 32.0 Å². The van der Waals surface area contributed by atoms with E-state index in [4.69, 9.17) is 9.47 Å². The largest absolute Gasteiger partial charge is 0.465 e. The summed E-state index contributed by atoms with van der Waals surface area (Å²) in [6, 6.07) is 9.81. The van der Waals surface area contributed by atoms with Gasteiger partial charge in [0.2, 0.25) is 0 Å². The Morgan fingerprint density at radius 1 is 1.32 bits per heavy atom. The number of benzene rings is 1. The minimum atomic E-state index is -0.710. The number of carbonyl (C=O) groups is 1. The topological polar surface area (TPSA) is 55.8 Å². The summed E-state index contributed by atoms with van der Waals surface area (Å²) in [5, 5.41) is 9.96. The van der Waals surface area contributed by atoms with Crippen LogP contribution < -0.4 is 0 Å². The minimum absolute atomic E-state index is 0.210. The van der Waals surface area contributed by atoms with Crippen molar-refractivity contribution in [3.05, 3.63) is 64.9 Å². The molecule has 1 aromatic rings. The first kappa shape index (κ1) is 20.9. The van der Waals surface area contributed by atoms with Gasteiger partial charge in [-0.2, -0.15) is 0 Å². The average molecular weight is 344 g/mol. The van der Waals surface area contributed by atoms with Crippen molar-refractivity contribution in [3.63, 3.8) is 0 Å². The van der Waals surface area contributed by atoms with E-state index in [1.54, 1.807) is 12.2 Å². The normalized spacial score (nSPS) is 11.8. The van der Waals surface area contributed by atoms with Crippen LogP contribution in [0.15, 0.2) is 59.4 Å². The SMILES string of the molecule is CCCCC(=C=C(C)/C=C/[C@@H](O)COCc1ccccc1)C(=O)OC. The Morgan fingerprint density at radius 2 is 2.04 bits per heavy atom. The van der Waals surface area contributed by atoms with E-state index in [-0.39, 0.29) is 12.6 Å². The fourth-order valence-electron chi connectivity index (χ4n) is 2.15. The molecule has 1 atom stereocenters. The Hall–Kier alpha value is -2.13. The first-order valence-corrected chi connectivity index (χ1v) is 8.59. The predicted octanol–water partition coefficient (Wildman–Crippen LogP) is 3.96. The number of aliphatic hydroxyl groups is 1. The van der Waals surface area contributed by atoms with Crippen molar-refractivity contribution in [2.45, 2.75) is 45.8 Å². The van der Waals surface area contributed by atoms with E-state index in [0.29, 0.717) is 18.6 Å². The molecule has 0 aliphatic rings. The lowest BCUT2D eigenvalue weighted by molar-refractivity contribution is -0.136. The van der Waals surface area contributed by atoms with Gasteiger partial charge in [-0.25, -0.2) is 4.79 Å². The highest BCUT2D eigenvalue weighted by atomic mass is 16.5. The maximum absolute atomic E-state index is 11.7. The van der Waals surface area contributed by atoms with Crippen molar-refractivity contribution in [2.24, 2.45) is 0 Å². The molecule has 0 fully saturated rings. The lowest BCUT2D eigenvalue weighted by Crippen LogP contribution is -2.12. The number of methoxy groups -OCH3 is 1. The Morgan fingerprint density at radius 3 is 2.68 bits per heavy atom. The summed E-state index contributed by atoms with van der Waals surface area (Å²) in [5.41, 5.74) is 5.42. The van der Waals surface area contributed by atoms with E-state index in [2.05, 4.69) is 12.7 Å². The van der Waals surface area contributed by atoms with Gasteiger partial charge in [-0.15, -0.1) is 5.73 Å². The van der Waals surface area contributed by atoms with E-state index < -0.39 is 6.10 Å². The number of esters is 1. The van der Waals surface area contributed by atoms with Crippen LogP contribution in [0.2, 0.25) is 0 Å². The van der Waals surface area contributed by atoms with Crippen LogP contribution in [-0.2, 0) is 20.9 Å². The molecule has 0 amide bonds. The molecule has 1 aromatic carbocycles. The zero-order chi connectivity index (χ0) is 18.5. The second-order valence-corrected chi connectivity index (χ2v) is 5.81. The number of carbonyl (C=O) groups excluding carboxylic acids is 1. The Balaban J connectivity index is 2.57. The molecular formula is C21H28O4. The lowest BCUT2D eigenvalue weighted by atomic mass is 10.1. The van der Waals surface area contributed by atoms with Crippen molar-refractivity contribution >= 4 is 5.97 Å². The van der Waals surface area contributed by atoms with Crippen molar-refractivity contribution in [2.75, 3.05) is 13.7 Å². The van der Waals surface area contributed by atoms with Gasteiger partial charge in [0.15, 0.2) is 0 Å². The second kappa shape index (κ2) is 12.3. The minimum Gasteiger partial charge on any atom is -0.465 e. The van der Waals surface area contributed by atoms with Crippen LogP contribution in [-0.4, -0.2) is 30.9 Å². The molecule has 0 aliphatic carbocycles. The molecule has 136 valence electrons. The molecule has 0 unspecified atom stereocenters. The highest BCUT2D eigenvalue weighted by Crippen LogP contribution is 2.10. The zero-order valence-electron chi connectivity index (χ0n) is 15.3. The molecule has 0 saturated carbocycles. The van der Waals surface area contributed by atoms with E-state index in [1.165, 1.54) is 7.11 Å². The van der Waals surface area contributed by atoms with Gasteiger partial charge in [-0.1, -0.05) is 55.8 Å². The summed E-state index contributed by atoms with van der Waals surface area (Å²) in [4.78, 5) is 11.7. The summed E-state index contributed by atoms with van der Waals surface area (Å²) >= 11 is 0. The molecule has 25 heavy (non-hydrogen) atoms. The molecule has 1 N–H and O–H groups in total. The van der Waals surface area contributed by atoms with Crippen molar-refractivity contribution in [1.82, 2.24) is 0 Å². The third kappa shape index (κ3) is 9.06. The van der Waals surface area contributed by atoms with Gasteiger partial charge >= 0.3 is 5.97 Å². The van der Waals surface area contributed by atoms with Crippen LogP contribution in [0.3, 0.4) is 0 Å². The number of unbranched alkanes of at least 4 members (excludes halogenated alkanes) is 1. The molecule has 0 aliphatic heterocycles. The molecule has 4 nitrogen and oxygen atoms in total. The number of ether oxygens (including phenoxy) is 2. The predicted molar refractivity (Wildman–Crippen MR) is 99.0 cm³/mol. The zero-order valence-corrected chi connectivity index (χ0v) is 15.3. The highest BCUT2D eigenvalue weighted by Gasteiger charge is 2.08. The summed E-state index contributed by atoms with van der Waals surface area (Å²) in [6.45, 7) is 4.58. The lowest BCUT2D eigenvalue weighted by Gasteiger charge is -2.07. The summed E-state index contributed by atoms with van der Waals surface area (Å²) in [7, 11) is 1.37. The second-order valence-electron chi connectivity index (χ2n) is 5.81. The molecule has 0 heterocycles. The number of hydrogen-bond donors (Lipinski definition) is 1. The van der Waals surface area contributed by atoms with Crippen LogP contribution in [0.5, 0.6) is 0 Å². The Kier molecular flexibility index (Phi) is 10.3. The Labute approximate surface area is 150 Å². The third-order valence-electron chi connectivity index (χ3n) is 3.53. The van der Waals surface area contributed by atoms with Gasteiger partial charge in [0.1, 0.15) is 0 Å². The van der Waals surface area contributed by atoms with Gasteiger partial charge < -0.3 is 14.6 Å². The van der Waals surface area contributed by atoms with Crippen LogP contribution in [0.4, 0.5) is 0 Å². The van der Waals surface area contributed by atoms with Crippen LogP contribution in [0, 0.1) is 0 Å². The fraction of sp³-hybridized carbons (Fsp3) is 0.429. The standard InChI is InChI=1S/C21H28O4/c1-4-5-11-19(21(23)24-3)14-17(2)12-13-20(22)16-25-15-18-9-7-6-8-10-18/h6-10,12-13,20,22H,4-5,11,15-16H2,1-3H3/b13-12+/t14?,20-/m1/s1.